The van der Waals surface area contributed by atoms with Gasteiger partial charge in [0.05, 0.1) is 11.4 Å². The number of likely N-dealkylation sites (N-methyl/N-ethyl adjacent to an activating group) is 1. The van der Waals surface area contributed by atoms with E-state index in [1.165, 1.54) is 10.5 Å². The molecule has 4 aromatic rings. The van der Waals surface area contributed by atoms with E-state index in [0.29, 0.717) is 11.4 Å². The van der Waals surface area contributed by atoms with E-state index in [9.17, 15) is 4.79 Å². The van der Waals surface area contributed by atoms with Crippen LogP contribution in [0.1, 0.15) is 5.56 Å². The van der Waals surface area contributed by atoms with Crippen molar-refractivity contribution in [2.45, 2.75) is 6.42 Å². The molecule has 0 atom stereocenters. The first kappa shape index (κ1) is 20.5. The van der Waals surface area contributed by atoms with Crippen LogP contribution in [0.15, 0.2) is 79.0 Å². The number of ether oxygens (including phenoxy) is 1. The maximum absolute atomic E-state index is 12.4. The first-order valence-electron chi connectivity index (χ1n) is 10.2. The van der Waals surface area contributed by atoms with Gasteiger partial charge in [-0.3, -0.25) is 4.90 Å². The van der Waals surface area contributed by atoms with Crippen molar-refractivity contribution in [2.24, 2.45) is 5.73 Å². The molecule has 0 aliphatic heterocycles. The van der Waals surface area contributed by atoms with Crippen LogP contribution in [0.5, 0.6) is 11.5 Å². The molecular weight excluding hydrogens is 388 g/mol. The molecule has 0 spiro atoms. The van der Waals surface area contributed by atoms with Crippen LogP contribution in [0.3, 0.4) is 0 Å². The van der Waals surface area contributed by atoms with Gasteiger partial charge in [0.15, 0.2) is 0 Å². The fraction of sp³-hybridized carbons (Fsp3) is 0.160. The maximum atomic E-state index is 12.4. The number of carbonyl (C=O) groups is 1. The molecule has 31 heavy (non-hydrogen) atoms. The van der Waals surface area contributed by atoms with Crippen LogP contribution in [0.25, 0.3) is 10.9 Å². The van der Waals surface area contributed by atoms with Gasteiger partial charge in [0.25, 0.3) is 0 Å². The number of para-hydroxylation sites is 1. The van der Waals surface area contributed by atoms with E-state index in [4.69, 9.17) is 10.5 Å². The highest BCUT2D eigenvalue weighted by Gasteiger charge is 2.17. The van der Waals surface area contributed by atoms with Gasteiger partial charge < -0.3 is 20.4 Å². The smallest absolute Gasteiger partial charge is 0.323 e. The Labute approximate surface area is 181 Å². The molecule has 0 bridgehead atoms. The molecule has 3 N–H and O–H groups in total. The minimum Gasteiger partial charge on any atom is -0.457 e. The Morgan fingerprint density at radius 1 is 0.935 bits per heavy atom. The van der Waals surface area contributed by atoms with Gasteiger partial charge in [0.1, 0.15) is 11.5 Å². The zero-order chi connectivity index (χ0) is 21.8. The molecule has 3 aromatic carbocycles. The predicted octanol–water partition coefficient (Wildman–Crippen LogP) is 5.28. The van der Waals surface area contributed by atoms with Gasteiger partial charge in [-0.1, -0.05) is 18.2 Å². The number of hydrogen-bond donors (Lipinski definition) is 2. The van der Waals surface area contributed by atoms with E-state index in [1.807, 2.05) is 79.0 Å². The Hall–Kier alpha value is -3.77. The number of amides is 2. The Balaban J connectivity index is 1.62. The summed E-state index contributed by atoms with van der Waals surface area (Å²) in [5.41, 5.74) is 9.41. The topological polar surface area (TPSA) is 74.6 Å². The third kappa shape index (κ3) is 4.70. The van der Waals surface area contributed by atoms with Crippen molar-refractivity contribution >= 4 is 28.3 Å². The van der Waals surface area contributed by atoms with E-state index >= 15 is 0 Å². The number of urea groups is 1. The zero-order valence-corrected chi connectivity index (χ0v) is 17.7. The van der Waals surface area contributed by atoms with Crippen LogP contribution in [0, 0.1) is 0 Å². The number of carbonyl (C=O) groups excluding carboxylic acids is 1. The van der Waals surface area contributed by atoms with Gasteiger partial charge in [-0.15, -0.1) is 0 Å². The molecule has 2 amide bonds. The van der Waals surface area contributed by atoms with Crippen molar-refractivity contribution in [3.8, 4) is 11.5 Å². The highest BCUT2D eigenvalue weighted by Crippen LogP contribution is 2.32. The van der Waals surface area contributed by atoms with Crippen molar-refractivity contribution < 1.29 is 9.53 Å². The summed E-state index contributed by atoms with van der Waals surface area (Å²) in [5.74, 6) is 1.44. The quantitative estimate of drug-likeness (QED) is 0.432. The van der Waals surface area contributed by atoms with E-state index < -0.39 is 6.03 Å². The Bertz CT molecular complexity index is 1170. The lowest BCUT2D eigenvalue weighted by atomic mass is 10.1. The molecule has 6 heteroatoms. The molecule has 4 rings (SSSR count). The highest BCUT2D eigenvalue weighted by atomic mass is 16.5. The Kier molecular flexibility index (Phi) is 5.91. The second kappa shape index (κ2) is 8.93. The molecular formula is C25H26N4O2. The van der Waals surface area contributed by atoms with E-state index in [2.05, 4.69) is 24.0 Å². The SMILES string of the molecule is CN(C)CCc1c[nH]c2ccc(N(C(N)=O)c3ccc(Oc4ccccc4)cc3)cc12. The first-order valence-corrected chi connectivity index (χ1v) is 10.2. The molecule has 1 aromatic heterocycles. The summed E-state index contributed by atoms with van der Waals surface area (Å²) in [4.78, 5) is 19.3. The van der Waals surface area contributed by atoms with Gasteiger partial charge in [-0.2, -0.15) is 0 Å². The summed E-state index contributed by atoms with van der Waals surface area (Å²) in [7, 11) is 4.11. The lowest BCUT2D eigenvalue weighted by molar-refractivity contribution is 0.256. The Morgan fingerprint density at radius 3 is 2.29 bits per heavy atom. The van der Waals surface area contributed by atoms with Gasteiger partial charge in [-0.25, -0.2) is 4.79 Å². The summed E-state index contributed by atoms with van der Waals surface area (Å²) in [5, 5.41) is 1.09. The number of benzene rings is 3. The second-order valence-electron chi connectivity index (χ2n) is 7.68. The molecule has 0 aliphatic carbocycles. The number of aromatic nitrogens is 1. The number of primary amides is 1. The Morgan fingerprint density at radius 2 is 1.61 bits per heavy atom. The van der Waals surface area contributed by atoms with Gasteiger partial charge >= 0.3 is 6.03 Å². The van der Waals surface area contributed by atoms with Crippen molar-refractivity contribution in [3.63, 3.8) is 0 Å². The van der Waals surface area contributed by atoms with Crippen molar-refractivity contribution in [1.82, 2.24) is 9.88 Å². The molecule has 0 saturated carbocycles. The van der Waals surface area contributed by atoms with E-state index in [-0.39, 0.29) is 0 Å². The minimum atomic E-state index is -0.540. The summed E-state index contributed by atoms with van der Waals surface area (Å²) >= 11 is 0. The number of nitrogens with two attached hydrogens (primary N) is 1. The lowest BCUT2D eigenvalue weighted by Crippen LogP contribution is -2.31. The normalized spacial score (nSPS) is 11.1. The zero-order valence-electron chi connectivity index (χ0n) is 17.7. The molecule has 1 heterocycles. The highest BCUT2D eigenvalue weighted by molar-refractivity contribution is 6.00. The molecule has 0 fully saturated rings. The summed E-state index contributed by atoms with van der Waals surface area (Å²) in [6, 6.07) is 22.2. The predicted molar refractivity (Wildman–Crippen MR) is 125 cm³/mol. The third-order valence-corrected chi connectivity index (χ3v) is 5.13. The standard InChI is InChI=1S/C25H26N4O2/c1-28(2)15-14-18-17-27-24-13-10-20(16-23(18)24)29(25(26)30)19-8-11-22(12-9-19)31-21-6-4-3-5-7-21/h3-13,16-17,27H,14-15H2,1-2H3,(H2,26,30). The lowest BCUT2D eigenvalue weighted by Gasteiger charge is -2.21. The first-order chi connectivity index (χ1) is 15.0. The van der Waals surface area contributed by atoms with Crippen molar-refractivity contribution in [2.75, 3.05) is 25.5 Å². The molecule has 158 valence electrons. The number of hydrogen-bond acceptors (Lipinski definition) is 3. The van der Waals surface area contributed by atoms with Crippen LogP contribution >= 0.6 is 0 Å². The van der Waals surface area contributed by atoms with E-state index in [0.717, 1.165) is 35.3 Å². The largest absolute Gasteiger partial charge is 0.457 e. The van der Waals surface area contributed by atoms with Crippen molar-refractivity contribution in [3.05, 3.63) is 84.6 Å². The molecule has 0 aliphatic rings. The maximum Gasteiger partial charge on any atom is 0.323 e. The van der Waals surface area contributed by atoms with Crippen LogP contribution in [0.4, 0.5) is 16.2 Å². The van der Waals surface area contributed by atoms with Crippen LogP contribution < -0.4 is 15.4 Å². The van der Waals surface area contributed by atoms with Gasteiger partial charge in [-0.05, 0) is 80.7 Å². The molecule has 0 radical (unpaired) electrons. The fourth-order valence-corrected chi connectivity index (χ4v) is 3.55. The fourth-order valence-electron chi connectivity index (χ4n) is 3.55. The second-order valence-corrected chi connectivity index (χ2v) is 7.68. The number of rotatable bonds is 7. The number of nitrogens with one attached hydrogen (secondary N) is 1. The van der Waals surface area contributed by atoms with Crippen LogP contribution in [0.2, 0.25) is 0 Å². The monoisotopic (exact) mass is 414 g/mol. The number of anilines is 2. The molecule has 0 unspecified atom stereocenters. The number of aromatic amines is 1. The molecule has 0 saturated heterocycles. The van der Waals surface area contributed by atoms with Crippen LogP contribution in [-0.2, 0) is 6.42 Å². The molecule has 6 nitrogen and oxygen atoms in total. The van der Waals surface area contributed by atoms with E-state index in [1.54, 1.807) is 0 Å². The van der Waals surface area contributed by atoms with Gasteiger partial charge in [0.2, 0.25) is 0 Å². The summed E-state index contributed by atoms with van der Waals surface area (Å²) in [6.07, 6.45) is 2.95. The number of fused-ring (bicyclic) bond motifs is 1. The minimum absolute atomic E-state index is 0.540. The average molecular weight is 415 g/mol. The van der Waals surface area contributed by atoms with Crippen LogP contribution in [-0.4, -0.2) is 36.6 Å². The average Bonchev–Trinajstić information content (AvgIpc) is 3.16. The number of nitrogens with zero attached hydrogens (tertiary/aromatic N) is 2. The summed E-state index contributed by atoms with van der Waals surface area (Å²) < 4.78 is 5.85. The number of H-pyrrole nitrogens is 1. The van der Waals surface area contributed by atoms with Gasteiger partial charge in [0, 0.05) is 23.6 Å². The summed E-state index contributed by atoms with van der Waals surface area (Å²) in [6.45, 7) is 0.944. The van der Waals surface area contributed by atoms with Crippen molar-refractivity contribution in [1.29, 1.82) is 0 Å². The third-order valence-electron chi connectivity index (χ3n) is 5.13.